The van der Waals surface area contributed by atoms with E-state index in [2.05, 4.69) is 28.1 Å². The summed E-state index contributed by atoms with van der Waals surface area (Å²) in [7, 11) is 0. The van der Waals surface area contributed by atoms with Crippen LogP contribution in [0, 0.1) is 5.82 Å². The van der Waals surface area contributed by atoms with Crippen LogP contribution < -0.4 is 0 Å². The monoisotopic (exact) mass is 375 g/mol. The van der Waals surface area contributed by atoms with Crippen LogP contribution >= 0.6 is 15.9 Å². The molecule has 2 nitrogen and oxygen atoms in total. The highest BCUT2D eigenvalue weighted by molar-refractivity contribution is 9.10. The molecule has 0 radical (unpaired) electrons. The van der Waals surface area contributed by atoms with E-state index in [0.717, 1.165) is 37.7 Å². The van der Waals surface area contributed by atoms with E-state index in [1.165, 1.54) is 6.07 Å². The van der Waals surface area contributed by atoms with Gasteiger partial charge in [0.15, 0.2) is 0 Å². The third-order valence-electron chi connectivity index (χ3n) is 4.77. The largest absolute Gasteiger partial charge is 0.331 e. The van der Waals surface area contributed by atoms with E-state index in [0.29, 0.717) is 10.0 Å². The van der Waals surface area contributed by atoms with Crippen LogP contribution in [0.25, 0.3) is 0 Å². The van der Waals surface area contributed by atoms with Crippen LogP contribution in [0.5, 0.6) is 0 Å². The Morgan fingerprint density at radius 1 is 1.13 bits per heavy atom. The SMILES string of the molecule is O=CN(Cc1ccc(Br)cc1F)C1(c2ccccc2)CCCC1. The first-order chi connectivity index (χ1) is 11.2. The van der Waals surface area contributed by atoms with Crippen LogP contribution in [0.15, 0.2) is 53.0 Å². The number of amides is 1. The fraction of sp³-hybridized carbons (Fsp3) is 0.316. The van der Waals surface area contributed by atoms with Gasteiger partial charge >= 0.3 is 0 Å². The molecule has 0 spiro atoms. The van der Waals surface area contributed by atoms with Crippen molar-refractivity contribution in [3.8, 4) is 0 Å². The van der Waals surface area contributed by atoms with E-state index in [1.807, 2.05) is 24.3 Å². The molecule has 120 valence electrons. The van der Waals surface area contributed by atoms with Gasteiger partial charge in [-0.15, -0.1) is 0 Å². The third kappa shape index (κ3) is 3.18. The molecule has 2 aromatic rings. The van der Waals surface area contributed by atoms with Gasteiger partial charge in [0.05, 0.1) is 5.54 Å². The number of nitrogens with zero attached hydrogens (tertiary/aromatic N) is 1. The number of benzene rings is 2. The van der Waals surface area contributed by atoms with Crippen LogP contribution in [0.4, 0.5) is 4.39 Å². The van der Waals surface area contributed by atoms with Crippen molar-refractivity contribution in [3.05, 3.63) is 69.9 Å². The average Bonchev–Trinajstić information content (AvgIpc) is 3.06. The minimum absolute atomic E-state index is 0.285. The maximum atomic E-state index is 14.2. The first-order valence-corrected chi connectivity index (χ1v) is 8.66. The molecule has 4 heteroatoms. The van der Waals surface area contributed by atoms with Crippen molar-refractivity contribution in [2.45, 2.75) is 37.8 Å². The normalized spacial score (nSPS) is 16.3. The van der Waals surface area contributed by atoms with Crippen molar-refractivity contribution in [2.24, 2.45) is 0 Å². The summed E-state index contributed by atoms with van der Waals surface area (Å²) in [6.45, 7) is 0.289. The highest BCUT2D eigenvalue weighted by Crippen LogP contribution is 2.44. The maximum Gasteiger partial charge on any atom is 0.210 e. The van der Waals surface area contributed by atoms with Gasteiger partial charge in [-0.3, -0.25) is 4.79 Å². The lowest BCUT2D eigenvalue weighted by Gasteiger charge is -2.39. The van der Waals surface area contributed by atoms with Crippen LogP contribution in [-0.4, -0.2) is 11.3 Å². The highest BCUT2D eigenvalue weighted by Gasteiger charge is 2.40. The molecular weight excluding hydrogens is 357 g/mol. The zero-order valence-electron chi connectivity index (χ0n) is 12.8. The molecule has 0 atom stereocenters. The summed E-state index contributed by atoms with van der Waals surface area (Å²) in [6, 6.07) is 15.1. The zero-order valence-corrected chi connectivity index (χ0v) is 14.4. The zero-order chi connectivity index (χ0) is 16.3. The van der Waals surface area contributed by atoms with Gasteiger partial charge in [-0.25, -0.2) is 4.39 Å². The van der Waals surface area contributed by atoms with Crippen LogP contribution in [-0.2, 0) is 16.9 Å². The summed E-state index contributed by atoms with van der Waals surface area (Å²) in [4.78, 5) is 13.6. The lowest BCUT2D eigenvalue weighted by molar-refractivity contribution is -0.125. The second-order valence-electron chi connectivity index (χ2n) is 6.07. The molecule has 0 saturated heterocycles. The van der Waals surface area contributed by atoms with Crippen molar-refractivity contribution >= 4 is 22.3 Å². The highest BCUT2D eigenvalue weighted by atomic mass is 79.9. The van der Waals surface area contributed by atoms with Gasteiger partial charge in [0, 0.05) is 16.6 Å². The number of carbonyl (C=O) groups excluding carboxylic acids is 1. The third-order valence-corrected chi connectivity index (χ3v) is 5.27. The molecule has 2 aromatic carbocycles. The number of halogens is 2. The van der Waals surface area contributed by atoms with Crippen molar-refractivity contribution in [1.29, 1.82) is 0 Å². The fourth-order valence-electron chi connectivity index (χ4n) is 3.57. The molecule has 1 aliphatic rings. The minimum atomic E-state index is -0.317. The average molecular weight is 376 g/mol. The van der Waals surface area contributed by atoms with E-state index < -0.39 is 0 Å². The molecule has 0 N–H and O–H groups in total. The molecule has 0 heterocycles. The van der Waals surface area contributed by atoms with Crippen LogP contribution in [0.1, 0.15) is 36.8 Å². The molecular formula is C19H19BrFNO. The summed E-state index contributed by atoms with van der Waals surface area (Å²) in [6.07, 6.45) is 4.89. The van der Waals surface area contributed by atoms with Gasteiger partial charge in [-0.05, 0) is 30.5 Å². The summed E-state index contributed by atoms with van der Waals surface area (Å²) in [5.41, 5.74) is 1.37. The van der Waals surface area contributed by atoms with Crippen LogP contribution in [0.2, 0.25) is 0 Å². The molecule has 1 aliphatic carbocycles. The summed E-state index contributed by atoms with van der Waals surface area (Å²) < 4.78 is 14.9. The Hall–Kier alpha value is -1.68. The molecule has 1 saturated carbocycles. The van der Waals surface area contributed by atoms with Gasteiger partial charge in [0.2, 0.25) is 6.41 Å². The maximum absolute atomic E-state index is 14.2. The Labute approximate surface area is 144 Å². The lowest BCUT2D eigenvalue weighted by atomic mass is 9.86. The van der Waals surface area contributed by atoms with Crippen molar-refractivity contribution in [1.82, 2.24) is 4.90 Å². The Morgan fingerprint density at radius 2 is 1.83 bits per heavy atom. The number of rotatable bonds is 5. The Morgan fingerprint density at radius 3 is 2.43 bits per heavy atom. The molecule has 0 bridgehead atoms. The first kappa shape index (κ1) is 16.2. The Balaban J connectivity index is 1.95. The molecule has 0 aliphatic heterocycles. The molecule has 1 fully saturated rings. The first-order valence-electron chi connectivity index (χ1n) is 7.87. The fourth-order valence-corrected chi connectivity index (χ4v) is 3.91. The number of carbonyl (C=O) groups is 1. The Kier molecular flexibility index (Phi) is 4.81. The van der Waals surface area contributed by atoms with Crippen molar-refractivity contribution < 1.29 is 9.18 Å². The molecule has 0 aromatic heterocycles. The minimum Gasteiger partial charge on any atom is -0.331 e. The predicted molar refractivity (Wildman–Crippen MR) is 92.3 cm³/mol. The number of hydrogen-bond acceptors (Lipinski definition) is 1. The second-order valence-corrected chi connectivity index (χ2v) is 6.99. The predicted octanol–water partition coefficient (Wildman–Crippen LogP) is 5.02. The van der Waals surface area contributed by atoms with E-state index in [1.54, 1.807) is 11.0 Å². The number of hydrogen-bond donors (Lipinski definition) is 0. The van der Waals surface area contributed by atoms with Crippen LogP contribution in [0.3, 0.4) is 0 Å². The van der Waals surface area contributed by atoms with Gasteiger partial charge < -0.3 is 4.90 Å². The van der Waals surface area contributed by atoms with Crippen molar-refractivity contribution in [3.63, 3.8) is 0 Å². The Bertz CT molecular complexity index is 683. The van der Waals surface area contributed by atoms with Gasteiger partial charge in [-0.2, -0.15) is 0 Å². The second kappa shape index (κ2) is 6.83. The van der Waals surface area contributed by atoms with Crippen molar-refractivity contribution in [2.75, 3.05) is 0 Å². The van der Waals surface area contributed by atoms with Gasteiger partial charge in [0.1, 0.15) is 5.82 Å². The molecule has 1 amide bonds. The molecule has 0 unspecified atom stereocenters. The molecule has 3 rings (SSSR count). The summed E-state index contributed by atoms with van der Waals surface area (Å²) in [5, 5.41) is 0. The van der Waals surface area contributed by atoms with E-state index in [9.17, 15) is 9.18 Å². The summed E-state index contributed by atoms with van der Waals surface area (Å²) in [5.74, 6) is -0.285. The van der Waals surface area contributed by atoms with E-state index in [4.69, 9.17) is 0 Å². The smallest absolute Gasteiger partial charge is 0.210 e. The quantitative estimate of drug-likeness (QED) is 0.672. The van der Waals surface area contributed by atoms with Gasteiger partial charge in [-0.1, -0.05) is 65.2 Å². The topological polar surface area (TPSA) is 20.3 Å². The standard InChI is InChI=1S/C19H19BrFNO/c20-17-9-8-15(18(21)12-17)13-22(14-23)19(10-4-5-11-19)16-6-2-1-3-7-16/h1-3,6-9,12,14H,4-5,10-11,13H2. The molecule has 23 heavy (non-hydrogen) atoms. The lowest BCUT2D eigenvalue weighted by Crippen LogP contribution is -2.43. The van der Waals surface area contributed by atoms with E-state index >= 15 is 0 Å². The van der Waals surface area contributed by atoms with Gasteiger partial charge in [0.25, 0.3) is 0 Å². The summed E-state index contributed by atoms with van der Waals surface area (Å²) >= 11 is 3.27. The van der Waals surface area contributed by atoms with E-state index in [-0.39, 0.29) is 17.9 Å².